The van der Waals surface area contributed by atoms with Gasteiger partial charge in [-0.15, -0.1) is 0 Å². The van der Waals surface area contributed by atoms with Crippen LogP contribution in [0.1, 0.15) is 13.3 Å². The summed E-state index contributed by atoms with van der Waals surface area (Å²) in [4.78, 5) is 10.4. The number of amides is 1. The Morgan fingerprint density at radius 2 is 2.31 bits per heavy atom. The number of nitrogens with two attached hydrogens (primary N) is 1. The van der Waals surface area contributed by atoms with Gasteiger partial charge < -0.3 is 16.2 Å². The van der Waals surface area contributed by atoms with Crippen molar-refractivity contribution in [2.75, 3.05) is 25.1 Å². The number of carbonyl (C=O) groups excluding carboxylic acids is 1. The standard InChI is InChI=1S/C8H18N2O2S/c1-8(12,6-13-2)5-10-4-3-7(9)11/h10,12H,3-6H2,1-2H3,(H2,9,11). The second-order valence-electron chi connectivity index (χ2n) is 3.32. The number of rotatable bonds is 7. The first-order valence-corrected chi connectivity index (χ1v) is 5.57. The van der Waals surface area contributed by atoms with Crippen molar-refractivity contribution in [3.8, 4) is 0 Å². The Hall–Kier alpha value is -0.260. The van der Waals surface area contributed by atoms with E-state index in [0.29, 0.717) is 25.3 Å². The maximum Gasteiger partial charge on any atom is 0.218 e. The molecule has 0 aliphatic rings. The highest BCUT2D eigenvalue weighted by Crippen LogP contribution is 2.08. The van der Waals surface area contributed by atoms with Gasteiger partial charge in [0.1, 0.15) is 0 Å². The molecule has 0 aliphatic heterocycles. The van der Waals surface area contributed by atoms with Gasteiger partial charge >= 0.3 is 0 Å². The summed E-state index contributed by atoms with van der Waals surface area (Å²) >= 11 is 1.59. The van der Waals surface area contributed by atoms with Gasteiger partial charge in [0.15, 0.2) is 0 Å². The zero-order valence-electron chi connectivity index (χ0n) is 8.17. The van der Waals surface area contributed by atoms with Crippen molar-refractivity contribution in [3.05, 3.63) is 0 Å². The molecule has 0 saturated heterocycles. The zero-order chi connectivity index (χ0) is 10.3. The maximum absolute atomic E-state index is 10.4. The Morgan fingerprint density at radius 3 is 2.77 bits per heavy atom. The molecule has 0 saturated carbocycles. The summed E-state index contributed by atoms with van der Waals surface area (Å²) in [5.74, 6) is 0.355. The van der Waals surface area contributed by atoms with Crippen molar-refractivity contribution >= 4 is 17.7 Å². The second-order valence-corrected chi connectivity index (χ2v) is 4.19. The summed E-state index contributed by atoms with van der Waals surface area (Å²) < 4.78 is 0. The number of aliphatic hydroxyl groups is 1. The summed E-state index contributed by atoms with van der Waals surface area (Å²) in [7, 11) is 0. The molecule has 0 fully saturated rings. The number of nitrogens with one attached hydrogen (secondary N) is 1. The van der Waals surface area contributed by atoms with Gasteiger partial charge in [-0.1, -0.05) is 0 Å². The molecule has 0 bridgehead atoms. The third-order valence-corrected chi connectivity index (χ3v) is 2.42. The summed E-state index contributed by atoms with van der Waals surface area (Å²) in [6.07, 6.45) is 2.26. The van der Waals surface area contributed by atoms with Crippen LogP contribution >= 0.6 is 11.8 Å². The van der Waals surface area contributed by atoms with E-state index in [1.165, 1.54) is 0 Å². The van der Waals surface area contributed by atoms with Crippen LogP contribution in [0.4, 0.5) is 0 Å². The first kappa shape index (κ1) is 12.7. The molecule has 0 radical (unpaired) electrons. The Balaban J connectivity index is 3.45. The Bertz CT molecular complexity index is 162. The van der Waals surface area contributed by atoms with Crippen molar-refractivity contribution in [2.24, 2.45) is 5.73 Å². The van der Waals surface area contributed by atoms with Gasteiger partial charge in [-0.2, -0.15) is 11.8 Å². The fourth-order valence-corrected chi connectivity index (χ4v) is 1.66. The summed E-state index contributed by atoms with van der Waals surface area (Å²) in [5, 5.41) is 12.7. The molecule has 0 aromatic heterocycles. The maximum atomic E-state index is 10.4. The smallest absolute Gasteiger partial charge is 0.218 e. The highest BCUT2D eigenvalue weighted by Gasteiger charge is 2.18. The lowest BCUT2D eigenvalue weighted by atomic mass is 10.1. The van der Waals surface area contributed by atoms with Gasteiger partial charge in [-0.05, 0) is 13.2 Å². The first-order valence-electron chi connectivity index (χ1n) is 4.18. The highest BCUT2D eigenvalue weighted by molar-refractivity contribution is 7.98. The van der Waals surface area contributed by atoms with E-state index in [4.69, 9.17) is 5.73 Å². The molecule has 0 aliphatic carbocycles. The van der Waals surface area contributed by atoms with E-state index in [1.807, 2.05) is 6.26 Å². The van der Waals surface area contributed by atoms with Crippen LogP contribution in [0, 0.1) is 0 Å². The Labute approximate surface area is 83.3 Å². The van der Waals surface area contributed by atoms with Gasteiger partial charge in [0.25, 0.3) is 0 Å². The van der Waals surface area contributed by atoms with Gasteiger partial charge in [0, 0.05) is 25.3 Å². The van der Waals surface area contributed by atoms with Crippen LogP contribution in [0.25, 0.3) is 0 Å². The third-order valence-electron chi connectivity index (χ3n) is 1.51. The van der Waals surface area contributed by atoms with E-state index in [9.17, 15) is 9.90 Å². The van der Waals surface area contributed by atoms with Crippen molar-refractivity contribution in [3.63, 3.8) is 0 Å². The molecule has 4 N–H and O–H groups in total. The van der Waals surface area contributed by atoms with E-state index in [-0.39, 0.29) is 5.91 Å². The van der Waals surface area contributed by atoms with Crippen LogP contribution in [-0.2, 0) is 4.79 Å². The van der Waals surface area contributed by atoms with Gasteiger partial charge in [0.05, 0.1) is 5.60 Å². The number of carbonyl (C=O) groups is 1. The number of thioether (sulfide) groups is 1. The van der Waals surface area contributed by atoms with Crippen LogP contribution < -0.4 is 11.1 Å². The monoisotopic (exact) mass is 206 g/mol. The molecule has 1 unspecified atom stereocenters. The minimum Gasteiger partial charge on any atom is -0.388 e. The van der Waals surface area contributed by atoms with E-state index in [1.54, 1.807) is 18.7 Å². The van der Waals surface area contributed by atoms with Crippen molar-refractivity contribution in [1.82, 2.24) is 5.32 Å². The van der Waals surface area contributed by atoms with Gasteiger partial charge in [-0.25, -0.2) is 0 Å². The minimum atomic E-state index is -0.711. The fraction of sp³-hybridized carbons (Fsp3) is 0.875. The van der Waals surface area contributed by atoms with Crippen molar-refractivity contribution in [1.29, 1.82) is 0 Å². The lowest BCUT2D eigenvalue weighted by molar-refractivity contribution is -0.117. The SMILES string of the molecule is CSCC(C)(O)CNCCC(N)=O. The summed E-state index contributed by atoms with van der Waals surface area (Å²) in [6.45, 7) is 2.78. The number of hydrogen-bond acceptors (Lipinski definition) is 4. The van der Waals surface area contributed by atoms with E-state index >= 15 is 0 Å². The Morgan fingerprint density at radius 1 is 1.69 bits per heavy atom. The van der Waals surface area contributed by atoms with Crippen molar-refractivity contribution in [2.45, 2.75) is 18.9 Å². The normalized spacial score (nSPS) is 15.3. The molecular formula is C8H18N2O2S. The molecular weight excluding hydrogens is 188 g/mol. The first-order chi connectivity index (χ1) is 5.98. The minimum absolute atomic E-state index is 0.315. The molecule has 5 heteroatoms. The quantitative estimate of drug-likeness (QED) is 0.494. The molecule has 0 heterocycles. The van der Waals surface area contributed by atoms with E-state index in [0.717, 1.165) is 0 Å². The van der Waals surface area contributed by atoms with Crippen LogP contribution in [0.15, 0.2) is 0 Å². The van der Waals surface area contributed by atoms with E-state index in [2.05, 4.69) is 5.32 Å². The average molecular weight is 206 g/mol. The van der Waals surface area contributed by atoms with Gasteiger partial charge in [0.2, 0.25) is 5.91 Å². The molecule has 0 spiro atoms. The predicted molar refractivity (Wildman–Crippen MR) is 55.7 cm³/mol. The molecule has 13 heavy (non-hydrogen) atoms. The zero-order valence-corrected chi connectivity index (χ0v) is 8.99. The molecule has 1 amide bonds. The summed E-state index contributed by atoms with van der Waals surface area (Å²) in [6, 6.07) is 0. The third kappa shape index (κ3) is 8.08. The summed E-state index contributed by atoms with van der Waals surface area (Å²) in [5.41, 5.74) is 4.24. The molecule has 0 aromatic carbocycles. The van der Waals surface area contributed by atoms with Crippen molar-refractivity contribution < 1.29 is 9.90 Å². The molecule has 1 atom stereocenters. The van der Waals surface area contributed by atoms with Crippen LogP contribution in [0.3, 0.4) is 0 Å². The second kappa shape index (κ2) is 6.23. The van der Waals surface area contributed by atoms with Crippen LogP contribution in [0.5, 0.6) is 0 Å². The molecule has 78 valence electrons. The fourth-order valence-electron chi connectivity index (χ4n) is 0.931. The molecule has 4 nitrogen and oxygen atoms in total. The van der Waals surface area contributed by atoms with Crippen LogP contribution in [0.2, 0.25) is 0 Å². The number of primary amides is 1. The predicted octanol–water partition coefficient (Wildman–Crippen LogP) is -0.435. The van der Waals surface area contributed by atoms with Crippen LogP contribution in [-0.4, -0.2) is 41.7 Å². The molecule has 0 rings (SSSR count). The van der Waals surface area contributed by atoms with Gasteiger partial charge in [-0.3, -0.25) is 4.79 Å². The number of hydrogen-bond donors (Lipinski definition) is 3. The Kier molecular flexibility index (Phi) is 6.11. The lowest BCUT2D eigenvalue weighted by Gasteiger charge is -2.22. The average Bonchev–Trinajstić information content (AvgIpc) is 1.98. The highest BCUT2D eigenvalue weighted by atomic mass is 32.2. The topological polar surface area (TPSA) is 75.3 Å². The lowest BCUT2D eigenvalue weighted by Crippen LogP contribution is -2.40. The largest absolute Gasteiger partial charge is 0.388 e. The molecule has 0 aromatic rings. The van der Waals surface area contributed by atoms with E-state index < -0.39 is 5.60 Å².